The molecule has 2 unspecified atom stereocenters. The maximum absolute atomic E-state index is 6.42. The van der Waals surface area contributed by atoms with Gasteiger partial charge in [-0.25, -0.2) is 0 Å². The van der Waals surface area contributed by atoms with Crippen molar-refractivity contribution in [1.82, 2.24) is 4.90 Å². The summed E-state index contributed by atoms with van der Waals surface area (Å²) in [6.07, 6.45) is 0.0173. The van der Waals surface area contributed by atoms with E-state index in [0.29, 0.717) is 19.3 Å². The Labute approximate surface area is 126 Å². The summed E-state index contributed by atoms with van der Waals surface area (Å²) >= 11 is 0. The molecule has 5 heteroatoms. The second-order valence-electron chi connectivity index (χ2n) is 5.93. The number of rotatable bonds is 3. The minimum atomic E-state index is -0.151. The summed E-state index contributed by atoms with van der Waals surface area (Å²) < 4.78 is 17.1. The van der Waals surface area contributed by atoms with Crippen LogP contribution in [0.25, 0.3) is 0 Å². The monoisotopic (exact) mass is 292 g/mol. The highest BCUT2D eigenvalue weighted by atomic mass is 16.6. The number of hydrogen-bond acceptors (Lipinski definition) is 5. The zero-order valence-electron chi connectivity index (χ0n) is 12.7. The van der Waals surface area contributed by atoms with Crippen LogP contribution in [-0.2, 0) is 4.74 Å². The molecule has 5 nitrogen and oxygen atoms in total. The van der Waals surface area contributed by atoms with E-state index in [1.807, 2.05) is 18.2 Å². The van der Waals surface area contributed by atoms with Gasteiger partial charge in [-0.2, -0.15) is 0 Å². The fourth-order valence-electron chi connectivity index (χ4n) is 2.86. The summed E-state index contributed by atoms with van der Waals surface area (Å²) in [6, 6.07) is 6.30. The van der Waals surface area contributed by atoms with Gasteiger partial charge in [0.2, 0.25) is 0 Å². The molecule has 1 aromatic carbocycles. The van der Waals surface area contributed by atoms with Gasteiger partial charge in [-0.05, 0) is 31.5 Å². The van der Waals surface area contributed by atoms with Gasteiger partial charge in [0.1, 0.15) is 13.2 Å². The van der Waals surface area contributed by atoms with Crippen LogP contribution >= 0.6 is 0 Å². The summed E-state index contributed by atoms with van der Waals surface area (Å²) in [5.41, 5.74) is 7.45. The third-order valence-corrected chi connectivity index (χ3v) is 4.21. The molecule has 2 heterocycles. The minimum Gasteiger partial charge on any atom is -0.486 e. The Morgan fingerprint density at radius 2 is 1.90 bits per heavy atom. The lowest BCUT2D eigenvalue weighted by atomic mass is 10.00. The van der Waals surface area contributed by atoms with E-state index in [-0.39, 0.29) is 12.1 Å². The van der Waals surface area contributed by atoms with Crippen molar-refractivity contribution in [2.24, 2.45) is 5.73 Å². The van der Waals surface area contributed by atoms with E-state index in [0.717, 1.165) is 36.8 Å². The van der Waals surface area contributed by atoms with Gasteiger partial charge in [-0.3, -0.25) is 4.90 Å². The number of benzene rings is 1. The van der Waals surface area contributed by atoms with Gasteiger partial charge in [0.25, 0.3) is 0 Å². The van der Waals surface area contributed by atoms with Crippen molar-refractivity contribution in [3.8, 4) is 11.5 Å². The Hall–Kier alpha value is -1.30. The van der Waals surface area contributed by atoms with Crippen LogP contribution in [0.4, 0.5) is 0 Å². The van der Waals surface area contributed by atoms with Crippen LogP contribution in [0.2, 0.25) is 0 Å². The summed E-state index contributed by atoms with van der Waals surface area (Å²) in [6.45, 7) is 8.19. The predicted molar refractivity (Wildman–Crippen MR) is 80.8 cm³/mol. The van der Waals surface area contributed by atoms with E-state index in [1.165, 1.54) is 0 Å². The fraction of sp³-hybridized carbons (Fsp3) is 0.625. The first kappa shape index (κ1) is 14.6. The lowest BCUT2D eigenvalue weighted by Gasteiger charge is -2.38. The van der Waals surface area contributed by atoms with Crippen molar-refractivity contribution < 1.29 is 14.2 Å². The molecule has 0 aromatic heterocycles. The Morgan fingerprint density at radius 1 is 1.14 bits per heavy atom. The van der Waals surface area contributed by atoms with Crippen LogP contribution in [0.15, 0.2) is 18.2 Å². The molecule has 1 saturated heterocycles. The second kappa shape index (κ2) is 6.22. The molecule has 116 valence electrons. The molecule has 2 atom stereocenters. The number of morpholine rings is 1. The van der Waals surface area contributed by atoms with Crippen LogP contribution in [0.1, 0.15) is 25.5 Å². The normalized spacial score (nSPS) is 24.1. The molecule has 2 aliphatic rings. The number of ether oxygens (including phenoxy) is 3. The van der Waals surface area contributed by atoms with Gasteiger partial charge in [0.15, 0.2) is 11.5 Å². The van der Waals surface area contributed by atoms with Crippen LogP contribution in [-0.4, -0.2) is 50.0 Å². The zero-order chi connectivity index (χ0) is 14.8. The van der Waals surface area contributed by atoms with Gasteiger partial charge in [-0.1, -0.05) is 6.07 Å². The average molecular weight is 292 g/mol. The Morgan fingerprint density at radius 3 is 2.67 bits per heavy atom. The molecule has 0 bridgehead atoms. The highest BCUT2D eigenvalue weighted by Gasteiger charge is 2.28. The highest BCUT2D eigenvalue weighted by molar-refractivity contribution is 5.44. The molecule has 1 fully saturated rings. The maximum atomic E-state index is 6.42. The molecule has 0 spiro atoms. The molecule has 0 amide bonds. The highest BCUT2D eigenvalue weighted by Crippen LogP contribution is 2.33. The predicted octanol–water partition coefficient (Wildman–Crippen LogP) is 1.57. The van der Waals surface area contributed by atoms with Gasteiger partial charge >= 0.3 is 0 Å². The SMILES string of the molecule is CC(C)N1CCOC(C(N)c2ccc3c(c2)OCCO3)C1. The van der Waals surface area contributed by atoms with Crippen molar-refractivity contribution in [3.05, 3.63) is 23.8 Å². The van der Waals surface area contributed by atoms with Crippen molar-refractivity contribution in [3.63, 3.8) is 0 Å². The van der Waals surface area contributed by atoms with E-state index in [4.69, 9.17) is 19.9 Å². The van der Waals surface area contributed by atoms with Crippen LogP contribution < -0.4 is 15.2 Å². The number of fused-ring (bicyclic) bond motifs is 1. The topological polar surface area (TPSA) is 57.0 Å². The number of nitrogens with zero attached hydrogens (tertiary/aromatic N) is 1. The largest absolute Gasteiger partial charge is 0.486 e. The van der Waals surface area contributed by atoms with Crippen molar-refractivity contribution >= 4 is 0 Å². The Bertz CT molecular complexity index is 492. The zero-order valence-corrected chi connectivity index (χ0v) is 12.7. The molecule has 0 radical (unpaired) electrons. The van der Waals surface area contributed by atoms with E-state index < -0.39 is 0 Å². The molecule has 3 rings (SSSR count). The van der Waals surface area contributed by atoms with E-state index in [9.17, 15) is 0 Å². The molecular formula is C16H24N2O3. The Balaban J connectivity index is 1.73. The van der Waals surface area contributed by atoms with Gasteiger partial charge in [-0.15, -0.1) is 0 Å². The standard InChI is InChI=1S/C16H24N2O3/c1-11(2)18-5-6-19-15(10-18)16(17)12-3-4-13-14(9-12)21-8-7-20-13/h3-4,9,11,15-16H,5-8,10,17H2,1-2H3. The maximum Gasteiger partial charge on any atom is 0.161 e. The molecule has 2 aliphatic heterocycles. The summed E-state index contributed by atoms with van der Waals surface area (Å²) in [5.74, 6) is 1.58. The molecule has 0 saturated carbocycles. The second-order valence-corrected chi connectivity index (χ2v) is 5.93. The lowest BCUT2D eigenvalue weighted by Crippen LogP contribution is -2.49. The first-order valence-electron chi connectivity index (χ1n) is 7.66. The average Bonchev–Trinajstić information content (AvgIpc) is 2.53. The summed E-state index contributed by atoms with van der Waals surface area (Å²) in [7, 11) is 0. The van der Waals surface area contributed by atoms with E-state index >= 15 is 0 Å². The van der Waals surface area contributed by atoms with Crippen molar-refractivity contribution in [2.45, 2.75) is 32.0 Å². The van der Waals surface area contributed by atoms with E-state index in [1.54, 1.807) is 0 Å². The van der Waals surface area contributed by atoms with Gasteiger partial charge in [0, 0.05) is 19.1 Å². The fourth-order valence-corrected chi connectivity index (χ4v) is 2.86. The smallest absolute Gasteiger partial charge is 0.161 e. The molecule has 21 heavy (non-hydrogen) atoms. The molecule has 0 aliphatic carbocycles. The van der Waals surface area contributed by atoms with E-state index in [2.05, 4.69) is 18.7 Å². The first-order chi connectivity index (χ1) is 10.1. The van der Waals surface area contributed by atoms with Crippen LogP contribution in [0, 0.1) is 0 Å². The van der Waals surface area contributed by atoms with Gasteiger partial charge in [0.05, 0.1) is 18.8 Å². The quantitative estimate of drug-likeness (QED) is 0.916. The number of hydrogen-bond donors (Lipinski definition) is 1. The summed E-state index contributed by atoms with van der Waals surface area (Å²) in [4.78, 5) is 2.41. The third-order valence-electron chi connectivity index (χ3n) is 4.21. The first-order valence-corrected chi connectivity index (χ1v) is 7.66. The van der Waals surface area contributed by atoms with Crippen LogP contribution in [0.3, 0.4) is 0 Å². The van der Waals surface area contributed by atoms with Crippen molar-refractivity contribution in [1.29, 1.82) is 0 Å². The van der Waals surface area contributed by atoms with Crippen molar-refractivity contribution in [2.75, 3.05) is 32.9 Å². The minimum absolute atomic E-state index is 0.0173. The van der Waals surface area contributed by atoms with Crippen LogP contribution in [0.5, 0.6) is 11.5 Å². The third kappa shape index (κ3) is 3.15. The lowest BCUT2D eigenvalue weighted by molar-refractivity contribution is -0.0503. The Kier molecular flexibility index (Phi) is 4.33. The molecule has 2 N–H and O–H groups in total. The molecular weight excluding hydrogens is 268 g/mol. The van der Waals surface area contributed by atoms with Gasteiger partial charge < -0.3 is 19.9 Å². The molecule has 1 aromatic rings. The summed E-state index contributed by atoms with van der Waals surface area (Å²) in [5, 5.41) is 0. The number of nitrogens with two attached hydrogens (primary N) is 1.